The fraction of sp³-hybridized carbons (Fsp3) is 0.321. The van der Waals surface area contributed by atoms with Gasteiger partial charge in [-0.1, -0.05) is 74.5 Å². The number of carbonyl (C=O) groups is 5. The molecule has 1 aliphatic heterocycles. The molecule has 0 saturated heterocycles. The Labute approximate surface area is 215 Å². The van der Waals surface area contributed by atoms with Crippen LogP contribution in [0.15, 0.2) is 66.9 Å². The Morgan fingerprint density at radius 2 is 1.57 bits per heavy atom. The second kappa shape index (κ2) is 12.1. The van der Waals surface area contributed by atoms with Crippen LogP contribution in [0.2, 0.25) is 0 Å². The van der Waals surface area contributed by atoms with Crippen LogP contribution in [0.1, 0.15) is 38.3 Å². The molecule has 0 saturated carbocycles. The fourth-order valence-corrected chi connectivity index (χ4v) is 4.27. The third-order valence-corrected chi connectivity index (χ3v) is 6.01. The molecule has 0 aromatic heterocycles. The molecule has 0 radical (unpaired) electrons. The van der Waals surface area contributed by atoms with Gasteiger partial charge in [0.25, 0.3) is 11.7 Å². The average Bonchev–Trinajstić information content (AvgIpc) is 2.86. The standard InChI is InChI=1S/C28H31N3O6/c1-18(2)14-23-27(35)31(24(16-30(23)19(3)32)21-12-8-5-9-13-21)17-25(33)29-22(26(34)28(36)37)15-20-10-6-4-7-11-20/h4-13,16,18,22-23H,14-15,17H2,1-3H3,(H,29,33)(H,36,37)/t22-,23-/m0/s1. The highest BCUT2D eigenvalue weighted by Crippen LogP contribution is 2.29. The maximum atomic E-state index is 13.7. The van der Waals surface area contributed by atoms with Gasteiger partial charge in [-0.3, -0.25) is 24.1 Å². The van der Waals surface area contributed by atoms with Crippen LogP contribution in [-0.4, -0.2) is 63.0 Å². The van der Waals surface area contributed by atoms with Gasteiger partial charge in [0, 0.05) is 19.5 Å². The van der Waals surface area contributed by atoms with E-state index in [0.29, 0.717) is 23.2 Å². The van der Waals surface area contributed by atoms with Gasteiger partial charge in [-0.25, -0.2) is 4.79 Å². The maximum Gasteiger partial charge on any atom is 0.374 e. The number of ketones is 1. The Morgan fingerprint density at radius 1 is 0.973 bits per heavy atom. The minimum atomic E-state index is -1.66. The molecular weight excluding hydrogens is 474 g/mol. The Kier molecular flexibility index (Phi) is 8.95. The SMILES string of the molecule is CC(=O)N1C=C(c2ccccc2)N(CC(=O)N[C@@H](Cc2ccccc2)C(=O)C(=O)O)C(=O)[C@@H]1CC(C)C. The van der Waals surface area contributed by atoms with Crippen molar-refractivity contribution in [2.45, 2.75) is 45.7 Å². The van der Waals surface area contributed by atoms with E-state index < -0.39 is 42.2 Å². The fourth-order valence-electron chi connectivity index (χ4n) is 4.27. The minimum Gasteiger partial charge on any atom is -0.475 e. The van der Waals surface area contributed by atoms with Crippen LogP contribution in [0.3, 0.4) is 0 Å². The number of hydrogen-bond donors (Lipinski definition) is 2. The van der Waals surface area contributed by atoms with Crippen LogP contribution in [0.5, 0.6) is 0 Å². The number of carboxylic acids is 1. The third kappa shape index (κ3) is 6.91. The summed E-state index contributed by atoms with van der Waals surface area (Å²) in [6, 6.07) is 15.5. The molecule has 3 rings (SSSR count). The van der Waals surface area contributed by atoms with E-state index in [4.69, 9.17) is 0 Å². The third-order valence-electron chi connectivity index (χ3n) is 6.01. The van der Waals surface area contributed by atoms with E-state index in [0.717, 1.165) is 0 Å². The Balaban J connectivity index is 1.92. The van der Waals surface area contributed by atoms with Crippen molar-refractivity contribution in [3.8, 4) is 0 Å². The first-order valence-corrected chi connectivity index (χ1v) is 12.1. The van der Waals surface area contributed by atoms with E-state index in [1.807, 2.05) is 19.9 Å². The smallest absolute Gasteiger partial charge is 0.374 e. The van der Waals surface area contributed by atoms with Gasteiger partial charge in [0.05, 0.1) is 5.70 Å². The molecule has 0 unspecified atom stereocenters. The van der Waals surface area contributed by atoms with E-state index in [2.05, 4.69) is 5.32 Å². The van der Waals surface area contributed by atoms with Gasteiger partial charge in [-0.05, 0) is 23.5 Å². The first kappa shape index (κ1) is 27.3. The lowest BCUT2D eigenvalue weighted by Gasteiger charge is -2.39. The predicted molar refractivity (Wildman–Crippen MR) is 137 cm³/mol. The number of nitrogens with one attached hydrogen (secondary N) is 1. The number of benzene rings is 2. The van der Waals surface area contributed by atoms with Gasteiger partial charge in [0.2, 0.25) is 11.8 Å². The van der Waals surface area contributed by atoms with Crippen LogP contribution < -0.4 is 5.32 Å². The molecule has 1 aliphatic rings. The monoisotopic (exact) mass is 505 g/mol. The number of carbonyl (C=O) groups excluding carboxylic acids is 4. The number of rotatable bonds is 10. The van der Waals surface area contributed by atoms with Crippen molar-refractivity contribution < 1.29 is 29.1 Å². The summed E-state index contributed by atoms with van der Waals surface area (Å²) in [5.41, 5.74) is 1.66. The van der Waals surface area contributed by atoms with E-state index in [1.54, 1.807) is 60.8 Å². The summed E-state index contributed by atoms with van der Waals surface area (Å²) < 4.78 is 0. The first-order chi connectivity index (χ1) is 17.6. The molecule has 2 N–H and O–H groups in total. The Morgan fingerprint density at radius 3 is 2.11 bits per heavy atom. The normalized spacial score (nSPS) is 16.3. The van der Waals surface area contributed by atoms with E-state index >= 15 is 0 Å². The molecule has 3 amide bonds. The second-order valence-corrected chi connectivity index (χ2v) is 9.36. The van der Waals surface area contributed by atoms with Gasteiger partial charge < -0.3 is 15.3 Å². The molecule has 9 nitrogen and oxygen atoms in total. The highest BCUT2D eigenvalue weighted by molar-refractivity contribution is 6.35. The van der Waals surface area contributed by atoms with Crippen LogP contribution in [0.4, 0.5) is 0 Å². The molecule has 37 heavy (non-hydrogen) atoms. The zero-order chi connectivity index (χ0) is 27.1. The molecular formula is C28H31N3O6. The van der Waals surface area contributed by atoms with Gasteiger partial charge in [-0.15, -0.1) is 0 Å². The molecule has 2 atom stereocenters. The predicted octanol–water partition coefficient (Wildman–Crippen LogP) is 2.47. The number of Topliss-reactive ketones (excluding diaryl/α,β-unsaturated/α-hetero) is 1. The van der Waals surface area contributed by atoms with Crippen molar-refractivity contribution in [1.29, 1.82) is 0 Å². The molecule has 0 spiro atoms. The van der Waals surface area contributed by atoms with Crippen molar-refractivity contribution in [2.75, 3.05) is 6.54 Å². The zero-order valence-corrected chi connectivity index (χ0v) is 21.1. The highest BCUT2D eigenvalue weighted by atomic mass is 16.4. The Bertz CT molecular complexity index is 1190. The first-order valence-electron chi connectivity index (χ1n) is 12.1. The average molecular weight is 506 g/mol. The molecule has 1 heterocycles. The topological polar surface area (TPSA) is 124 Å². The van der Waals surface area contributed by atoms with Crippen LogP contribution in [0, 0.1) is 5.92 Å². The molecule has 2 aromatic rings. The number of hydrogen-bond acceptors (Lipinski definition) is 5. The quantitative estimate of drug-likeness (QED) is 0.478. The van der Waals surface area contributed by atoms with Crippen LogP contribution in [-0.2, 0) is 30.4 Å². The van der Waals surface area contributed by atoms with Gasteiger partial charge >= 0.3 is 5.97 Å². The van der Waals surface area contributed by atoms with Crippen LogP contribution in [0.25, 0.3) is 5.70 Å². The molecule has 2 aromatic carbocycles. The van der Waals surface area contributed by atoms with Crippen molar-refractivity contribution in [3.05, 3.63) is 78.0 Å². The summed E-state index contributed by atoms with van der Waals surface area (Å²) >= 11 is 0. The van der Waals surface area contributed by atoms with E-state index in [1.165, 1.54) is 16.7 Å². The lowest BCUT2D eigenvalue weighted by Crippen LogP contribution is -2.55. The number of aliphatic carboxylic acids is 1. The summed E-state index contributed by atoms with van der Waals surface area (Å²) in [6.07, 6.45) is 1.95. The summed E-state index contributed by atoms with van der Waals surface area (Å²) in [7, 11) is 0. The summed E-state index contributed by atoms with van der Waals surface area (Å²) in [4.78, 5) is 65.7. The summed E-state index contributed by atoms with van der Waals surface area (Å²) in [6.45, 7) is 4.81. The van der Waals surface area contributed by atoms with Crippen molar-refractivity contribution in [1.82, 2.24) is 15.1 Å². The van der Waals surface area contributed by atoms with Crippen molar-refractivity contribution in [3.63, 3.8) is 0 Å². The number of nitrogens with zero attached hydrogens (tertiary/aromatic N) is 2. The van der Waals surface area contributed by atoms with Crippen LogP contribution >= 0.6 is 0 Å². The lowest BCUT2D eigenvalue weighted by atomic mass is 9.97. The molecule has 194 valence electrons. The van der Waals surface area contributed by atoms with E-state index in [-0.39, 0.29) is 18.2 Å². The maximum absolute atomic E-state index is 13.7. The molecule has 0 aliphatic carbocycles. The van der Waals surface area contributed by atoms with Gasteiger partial charge in [0.15, 0.2) is 0 Å². The number of carboxylic acid groups (broad SMARTS) is 1. The van der Waals surface area contributed by atoms with E-state index in [9.17, 15) is 29.1 Å². The lowest BCUT2D eigenvalue weighted by molar-refractivity contribution is -0.150. The highest BCUT2D eigenvalue weighted by Gasteiger charge is 2.39. The van der Waals surface area contributed by atoms with Crippen molar-refractivity contribution in [2.24, 2.45) is 5.92 Å². The zero-order valence-electron chi connectivity index (χ0n) is 21.1. The summed E-state index contributed by atoms with van der Waals surface area (Å²) in [5, 5.41) is 11.8. The Hall–Kier alpha value is -4.27. The molecule has 0 bridgehead atoms. The van der Waals surface area contributed by atoms with Gasteiger partial charge in [0.1, 0.15) is 18.6 Å². The summed E-state index contributed by atoms with van der Waals surface area (Å²) in [5.74, 6) is -4.13. The molecule has 9 heteroatoms. The van der Waals surface area contributed by atoms with Crippen molar-refractivity contribution >= 4 is 35.2 Å². The number of amides is 3. The largest absolute Gasteiger partial charge is 0.475 e. The minimum absolute atomic E-state index is 0.0128. The van der Waals surface area contributed by atoms with Gasteiger partial charge in [-0.2, -0.15) is 0 Å². The molecule has 0 fully saturated rings. The second-order valence-electron chi connectivity index (χ2n) is 9.36.